The number of ether oxygens (including phenoxy) is 1. The van der Waals surface area contributed by atoms with Gasteiger partial charge in [-0.25, -0.2) is 4.39 Å². The summed E-state index contributed by atoms with van der Waals surface area (Å²) in [6, 6.07) is 5.72. The topological polar surface area (TPSA) is 35.2 Å². The molecule has 3 heteroatoms. The second kappa shape index (κ2) is 4.54. The Kier molecular flexibility index (Phi) is 3.37. The van der Waals surface area contributed by atoms with Gasteiger partial charge in [0.15, 0.2) is 5.67 Å². The molecular formula is C15H22FNO. The lowest BCUT2D eigenvalue weighted by atomic mass is 9.72. The van der Waals surface area contributed by atoms with Crippen LogP contribution in [0.4, 0.5) is 4.39 Å². The summed E-state index contributed by atoms with van der Waals surface area (Å²) >= 11 is 0. The second-order valence-corrected chi connectivity index (χ2v) is 6.00. The summed E-state index contributed by atoms with van der Waals surface area (Å²) in [5.41, 5.74) is 5.31. The Balaban J connectivity index is 2.56. The first-order chi connectivity index (χ1) is 8.40. The van der Waals surface area contributed by atoms with Crippen molar-refractivity contribution in [2.75, 3.05) is 13.2 Å². The fraction of sp³-hybridized carbons (Fsp3) is 0.600. The summed E-state index contributed by atoms with van der Waals surface area (Å²) in [4.78, 5) is 0. The summed E-state index contributed by atoms with van der Waals surface area (Å²) in [5, 5.41) is 0. The Bertz CT molecular complexity index is 439. The van der Waals surface area contributed by atoms with Crippen molar-refractivity contribution in [1.82, 2.24) is 0 Å². The van der Waals surface area contributed by atoms with E-state index in [1.54, 1.807) is 0 Å². The number of benzene rings is 1. The molecule has 0 spiro atoms. The Morgan fingerprint density at radius 2 is 2.06 bits per heavy atom. The molecule has 1 aliphatic heterocycles. The van der Waals surface area contributed by atoms with E-state index >= 15 is 4.39 Å². The van der Waals surface area contributed by atoms with Gasteiger partial charge in [-0.2, -0.15) is 0 Å². The van der Waals surface area contributed by atoms with Gasteiger partial charge in [-0.15, -0.1) is 0 Å². The first-order valence-corrected chi connectivity index (χ1v) is 6.54. The zero-order valence-corrected chi connectivity index (χ0v) is 11.4. The third-order valence-electron chi connectivity index (χ3n) is 3.83. The number of para-hydroxylation sites is 1. The van der Waals surface area contributed by atoms with Crippen LogP contribution in [0.2, 0.25) is 0 Å². The van der Waals surface area contributed by atoms with Crippen LogP contribution in [0.25, 0.3) is 0 Å². The zero-order valence-electron chi connectivity index (χ0n) is 11.4. The van der Waals surface area contributed by atoms with Crippen LogP contribution in [0.5, 0.6) is 5.75 Å². The fourth-order valence-corrected chi connectivity index (χ4v) is 2.52. The minimum atomic E-state index is -1.56. The summed E-state index contributed by atoms with van der Waals surface area (Å²) in [5.74, 6) is 0.714. The van der Waals surface area contributed by atoms with Crippen molar-refractivity contribution >= 4 is 0 Å². The average molecular weight is 251 g/mol. The molecule has 2 N–H and O–H groups in total. The number of hydrogen-bond acceptors (Lipinski definition) is 2. The van der Waals surface area contributed by atoms with Gasteiger partial charge in [0.25, 0.3) is 0 Å². The highest BCUT2D eigenvalue weighted by atomic mass is 19.1. The smallest absolute Gasteiger partial charge is 0.156 e. The van der Waals surface area contributed by atoms with E-state index in [0.717, 1.165) is 18.4 Å². The van der Waals surface area contributed by atoms with Crippen LogP contribution in [-0.4, -0.2) is 13.2 Å². The van der Waals surface area contributed by atoms with Crippen molar-refractivity contribution in [3.05, 3.63) is 29.3 Å². The molecule has 1 aliphatic rings. The minimum Gasteiger partial charge on any atom is -0.493 e. The van der Waals surface area contributed by atoms with Gasteiger partial charge in [-0.1, -0.05) is 39.0 Å². The van der Waals surface area contributed by atoms with Gasteiger partial charge in [0.05, 0.1) is 6.61 Å². The first kappa shape index (κ1) is 13.3. The molecule has 0 aromatic heterocycles. The molecule has 1 heterocycles. The third kappa shape index (κ3) is 2.01. The summed E-state index contributed by atoms with van der Waals surface area (Å²) in [7, 11) is 0. The number of hydrogen-bond donors (Lipinski definition) is 1. The monoisotopic (exact) mass is 251 g/mol. The van der Waals surface area contributed by atoms with Crippen LogP contribution in [-0.2, 0) is 12.1 Å². The molecule has 1 unspecified atom stereocenters. The van der Waals surface area contributed by atoms with Crippen molar-refractivity contribution in [2.45, 2.75) is 39.3 Å². The van der Waals surface area contributed by atoms with E-state index in [1.165, 1.54) is 0 Å². The standard InChI is InChI=1S/C15H22FNO/c1-14(2,3)15(16,10-17)12-8-4-6-11-7-5-9-18-13(11)12/h4,6,8H,5,7,9-10,17H2,1-3H3. The third-order valence-corrected chi connectivity index (χ3v) is 3.83. The first-order valence-electron chi connectivity index (χ1n) is 6.54. The van der Waals surface area contributed by atoms with E-state index in [-0.39, 0.29) is 6.54 Å². The van der Waals surface area contributed by atoms with Crippen LogP contribution >= 0.6 is 0 Å². The van der Waals surface area contributed by atoms with E-state index < -0.39 is 11.1 Å². The Labute approximate surface area is 108 Å². The maximum Gasteiger partial charge on any atom is 0.156 e. The van der Waals surface area contributed by atoms with E-state index in [0.29, 0.717) is 17.9 Å². The average Bonchev–Trinajstić information content (AvgIpc) is 2.35. The summed E-state index contributed by atoms with van der Waals surface area (Å²) < 4.78 is 21.0. The van der Waals surface area contributed by atoms with Crippen LogP contribution < -0.4 is 10.5 Å². The normalized spacial score (nSPS) is 18.7. The fourth-order valence-electron chi connectivity index (χ4n) is 2.52. The maximum atomic E-state index is 15.3. The Hall–Kier alpha value is -1.09. The van der Waals surface area contributed by atoms with Crippen molar-refractivity contribution in [2.24, 2.45) is 11.1 Å². The molecule has 1 aromatic rings. The summed E-state index contributed by atoms with van der Waals surface area (Å²) in [6.45, 7) is 6.26. The molecule has 0 aliphatic carbocycles. The lowest BCUT2D eigenvalue weighted by molar-refractivity contribution is 0.0307. The molecule has 0 saturated heterocycles. The van der Waals surface area contributed by atoms with Gasteiger partial charge >= 0.3 is 0 Å². The molecular weight excluding hydrogens is 229 g/mol. The number of alkyl halides is 1. The van der Waals surface area contributed by atoms with E-state index in [9.17, 15) is 0 Å². The van der Waals surface area contributed by atoms with Crippen molar-refractivity contribution in [3.63, 3.8) is 0 Å². The van der Waals surface area contributed by atoms with Gasteiger partial charge in [-0.3, -0.25) is 0 Å². The predicted molar refractivity (Wildman–Crippen MR) is 71.6 cm³/mol. The molecule has 2 nitrogen and oxygen atoms in total. The van der Waals surface area contributed by atoms with E-state index in [4.69, 9.17) is 10.5 Å². The minimum absolute atomic E-state index is 0.0314. The van der Waals surface area contributed by atoms with Gasteiger partial charge in [0.1, 0.15) is 5.75 Å². The van der Waals surface area contributed by atoms with Crippen LogP contribution in [0.15, 0.2) is 18.2 Å². The highest BCUT2D eigenvalue weighted by Crippen LogP contribution is 2.47. The van der Waals surface area contributed by atoms with Crippen LogP contribution in [0.3, 0.4) is 0 Å². The lowest BCUT2D eigenvalue weighted by Crippen LogP contribution is -2.43. The lowest BCUT2D eigenvalue weighted by Gasteiger charge is -2.39. The maximum absolute atomic E-state index is 15.3. The molecule has 0 radical (unpaired) electrons. The van der Waals surface area contributed by atoms with Crippen molar-refractivity contribution in [3.8, 4) is 5.75 Å². The Morgan fingerprint density at radius 3 is 2.67 bits per heavy atom. The SMILES string of the molecule is CC(C)(C)C(F)(CN)c1cccc2c1OCCC2. The number of halogens is 1. The van der Waals surface area contributed by atoms with Gasteiger partial charge < -0.3 is 10.5 Å². The van der Waals surface area contributed by atoms with Crippen molar-refractivity contribution in [1.29, 1.82) is 0 Å². The molecule has 0 saturated carbocycles. The number of rotatable bonds is 2. The van der Waals surface area contributed by atoms with Gasteiger partial charge in [0.2, 0.25) is 0 Å². The number of nitrogens with two attached hydrogens (primary N) is 1. The van der Waals surface area contributed by atoms with Gasteiger partial charge in [-0.05, 0) is 18.4 Å². The molecule has 100 valence electrons. The van der Waals surface area contributed by atoms with Crippen molar-refractivity contribution < 1.29 is 9.13 Å². The van der Waals surface area contributed by atoms with E-state index in [1.807, 2.05) is 39.0 Å². The molecule has 1 atom stereocenters. The van der Waals surface area contributed by atoms with E-state index in [2.05, 4.69) is 0 Å². The highest BCUT2D eigenvalue weighted by Gasteiger charge is 2.45. The number of aryl methyl sites for hydroxylation is 1. The molecule has 0 bridgehead atoms. The number of fused-ring (bicyclic) bond motifs is 1. The van der Waals surface area contributed by atoms with Crippen LogP contribution in [0, 0.1) is 5.41 Å². The highest BCUT2D eigenvalue weighted by molar-refractivity contribution is 5.47. The quantitative estimate of drug-likeness (QED) is 0.876. The molecule has 1 aromatic carbocycles. The van der Waals surface area contributed by atoms with Gasteiger partial charge in [0, 0.05) is 17.5 Å². The molecule has 2 rings (SSSR count). The Morgan fingerprint density at radius 1 is 1.33 bits per heavy atom. The predicted octanol–water partition coefficient (Wildman–Crippen LogP) is 3.18. The second-order valence-electron chi connectivity index (χ2n) is 6.00. The zero-order chi connectivity index (χ0) is 13.4. The summed E-state index contributed by atoms with van der Waals surface area (Å²) in [6.07, 6.45) is 1.95. The molecule has 0 amide bonds. The molecule has 0 fully saturated rings. The molecule has 18 heavy (non-hydrogen) atoms. The van der Waals surface area contributed by atoms with Crippen LogP contribution in [0.1, 0.15) is 38.3 Å². The largest absolute Gasteiger partial charge is 0.493 e.